The maximum absolute atomic E-state index is 10.6. The Balaban J connectivity index is 4.71. The minimum absolute atomic E-state index is 0.322. The summed E-state index contributed by atoms with van der Waals surface area (Å²) in [5.41, 5.74) is 1.72. The van der Waals surface area contributed by atoms with Crippen LogP contribution in [0.4, 0.5) is 0 Å². The van der Waals surface area contributed by atoms with Crippen molar-refractivity contribution in [1.29, 1.82) is 0 Å². The molecule has 2 nitrogen and oxygen atoms in total. The van der Waals surface area contributed by atoms with E-state index in [0.717, 1.165) is 32.1 Å². The Morgan fingerprint density at radius 2 is 1.08 bits per heavy atom. The molecule has 0 aromatic rings. The van der Waals surface area contributed by atoms with Crippen LogP contribution in [0.1, 0.15) is 181 Å². The summed E-state index contributed by atoms with van der Waals surface area (Å²) in [6.07, 6.45) is 43.1. The number of hydrogen-bond donors (Lipinski definition) is 1. The van der Waals surface area contributed by atoms with Gasteiger partial charge in [-0.05, 0) is 70.1 Å². The van der Waals surface area contributed by atoms with Gasteiger partial charge in [-0.25, -0.2) is 0 Å². The van der Waals surface area contributed by atoms with Crippen LogP contribution in [0.5, 0.6) is 0 Å². The first-order valence-electron chi connectivity index (χ1n) is 16.9. The van der Waals surface area contributed by atoms with Crippen molar-refractivity contribution in [2.24, 2.45) is 5.92 Å². The van der Waals surface area contributed by atoms with Crippen LogP contribution in [0.3, 0.4) is 0 Å². The van der Waals surface area contributed by atoms with E-state index >= 15 is 0 Å². The zero-order valence-electron chi connectivity index (χ0n) is 26.0. The number of aliphatic carboxylic acids is 1. The molecule has 2 heteroatoms. The number of hydrogen-bond acceptors (Lipinski definition) is 1. The highest BCUT2D eigenvalue weighted by Gasteiger charge is 2.12. The molecular weight excluding hydrogens is 464 g/mol. The third kappa shape index (κ3) is 26.3. The van der Waals surface area contributed by atoms with Crippen molar-refractivity contribution in [3.05, 3.63) is 36.0 Å². The first-order chi connectivity index (χ1) is 18.7. The summed E-state index contributed by atoms with van der Waals surface area (Å²) >= 11 is 0. The van der Waals surface area contributed by atoms with E-state index < -0.39 is 5.97 Å². The van der Waals surface area contributed by atoms with Crippen LogP contribution in [-0.2, 0) is 4.79 Å². The molecular formula is C36H66O2. The van der Waals surface area contributed by atoms with Crippen LogP contribution in [0.25, 0.3) is 0 Å². The first-order valence-corrected chi connectivity index (χ1v) is 16.9. The van der Waals surface area contributed by atoms with Gasteiger partial charge < -0.3 is 5.11 Å². The molecule has 0 aliphatic carbocycles. The lowest BCUT2D eigenvalue weighted by Gasteiger charge is -2.20. The zero-order valence-corrected chi connectivity index (χ0v) is 26.0. The van der Waals surface area contributed by atoms with Crippen molar-refractivity contribution in [2.75, 3.05) is 0 Å². The molecule has 0 rings (SSSR count). The Labute approximate surface area is 238 Å². The van der Waals surface area contributed by atoms with Gasteiger partial charge in [0.15, 0.2) is 0 Å². The monoisotopic (exact) mass is 531 g/mol. The quantitative estimate of drug-likeness (QED) is 0.0771. The fourth-order valence-electron chi connectivity index (χ4n) is 5.25. The van der Waals surface area contributed by atoms with Crippen molar-refractivity contribution in [2.45, 2.75) is 181 Å². The molecule has 38 heavy (non-hydrogen) atoms. The molecule has 0 aliphatic rings. The summed E-state index contributed by atoms with van der Waals surface area (Å²) < 4.78 is 0. The molecule has 0 aromatic carbocycles. The van der Waals surface area contributed by atoms with E-state index in [2.05, 4.69) is 51.2 Å². The SMILES string of the molecule is CCCCCCCC/C=C/C/C=C(/CCCCC)C(C/C=C/CCCCCCCC(=O)O)CCCCCC. The molecule has 0 bridgehead atoms. The smallest absolute Gasteiger partial charge is 0.303 e. The molecule has 0 radical (unpaired) electrons. The minimum Gasteiger partial charge on any atom is -0.481 e. The van der Waals surface area contributed by atoms with Crippen molar-refractivity contribution in [3.8, 4) is 0 Å². The Morgan fingerprint density at radius 1 is 0.579 bits per heavy atom. The molecule has 0 heterocycles. The summed E-state index contributed by atoms with van der Waals surface area (Å²) in [4.78, 5) is 10.6. The third-order valence-corrected chi connectivity index (χ3v) is 7.76. The van der Waals surface area contributed by atoms with Gasteiger partial charge in [-0.3, -0.25) is 4.79 Å². The maximum Gasteiger partial charge on any atom is 0.303 e. The molecule has 222 valence electrons. The van der Waals surface area contributed by atoms with Gasteiger partial charge in [0.2, 0.25) is 0 Å². The second-order valence-electron chi connectivity index (χ2n) is 11.5. The molecule has 0 fully saturated rings. The molecule has 0 spiro atoms. The lowest BCUT2D eigenvalue weighted by atomic mass is 9.86. The predicted molar refractivity (Wildman–Crippen MR) is 170 cm³/mol. The Bertz CT molecular complexity index is 586. The number of carbonyl (C=O) groups is 1. The number of allylic oxidation sites excluding steroid dienone is 6. The van der Waals surface area contributed by atoms with Crippen LogP contribution in [0.15, 0.2) is 36.0 Å². The van der Waals surface area contributed by atoms with E-state index in [9.17, 15) is 4.79 Å². The van der Waals surface area contributed by atoms with Gasteiger partial charge >= 0.3 is 5.97 Å². The first kappa shape index (κ1) is 36.7. The van der Waals surface area contributed by atoms with Gasteiger partial charge in [-0.1, -0.05) is 147 Å². The highest BCUT2D eigenvalue weighted by molar-refractivity contribution is 5.66. The second kappa shape index (κ2) is 30.2. The molecule has 1 unspecified atom stereocenters. The normalized spacial score (nSPS) is 13.2. The largest absolute Gasteiger partial charge is 0.481 e. The highest BCUT2D eigenvalue weighted by atomic mass is 16.4. The zero-order chi connectivity index (χ0) is 27.9. The summed E-state index contributed by atoms with van der Waals surface area (Å²) in [7, 11) is 0. The van der Waals surface area contributed by atoms with Crippen molar-refractivity contribution < 1.29 is 9.90 Å². The fourth-order valence-corrected chi connectivity index (χ4v) is 5.25. The average Bonchev–Trinajstić information content (AvgIpc) is 2.91. The molecule has 0 saturated carbocycles. The van der Waals surface area contributed by atoms with Gasteiger partial charge in [-0.15, -0.1) is 0 Å². The van der Waals surface area contributed by atoms with Gasteiger partial charge in [0, 0.05) is 6.42 Å². The van der Waals surface area contributed by atoms with E-state index in [1.165, 1.54) is 122 Å². The van der Waals surface area contributed by atoms with Crippen LogP contribution in [0, 0.1) is 5.92 Å². The summed E-state index contributed by atoms with van der Waals surface area (Å²) in [6.45, 7) is 6.90. The summed E-state index contributed by atoms with van der Waals surface area (Å²) in [6, 6.07) is 0. The van der Waals surface area contributed by atoms with E-state index in [1.807, 2.05) is 0 Å². The van der Waals surface area contributed by atoms with E-state index in [1.54, 1.807) is 5.57 Å². The molecule has 0 saturated heterocycles. The van der Waals surface area contributed by atoms with Crippen LogP contribution in [0.2, 0.25) is 0 Å². The predicted octanol–water partition coefficient (Wildman–Crippen LogP) is 12.5. The van der Waals surface area contributed by atoms with E-state index in [4.69, 9.17) is 5.11 Å². The minimum atomic E-state index is -0.663. The maximum atomic E-state index is 10.6. The third-order valence-electron chi connectivity index (χ3n) is 7.76. The van der Waals surface area contributed by atoms with E-state index in [-0.39, 0.29) is 0 Å². The topological polar surface area (TPSA) is 37.3 Å². The van der Waals surface area contributed by atoms with E-state index in [0.29, 0.717) is 12.3 Å². The Kier molecular flexibility index (Phi) is 29.2. The molecule has 1 N–H and O–H groups in total. The summed E-state index contributed by atoms with van der Waals surface area (Å²) in [5, 5.41) is 8.74. The van der Waals surface area contributed by atoms with Crippen LogP contribution >= 0.6 is 0 Å². The lowest BCUT2D eigenvalue weighted by molar-refractivity contribution is -0.137. The van der Waals surface area contributed by atoms with Crippen molar-refractivity contribution in [1.82, 2.24) is 0 Å². The van der Waals surface area contributed by atoms with Gasteiger partial charge in [0.1, 0.15) is 0 Å². The number of carboxylic acids is 1. The number of rotatable bonds is 29. The highest BCUT2D eigenvalue weighted by Crippen LogP contribution is 2.28. The molecule has 1 atom stereocenters. The van der Waals surface area contributed by atoms with Crippen LogP contribution < -0.4 is 0 Å². The Morgan fingerprint density at radius 3 is 1.71 bits per heavy atom. The molecule has 0 aromatic heterocycles. The lowest BCUT2D eigenvalue weighted by Crippen LogP contribution is -2.05. The summed E-state index contributed by atoms with van der Waals surface area (Å²) in [5.74, 6) is 0.0485. The van der Waals surface area contributed by atoms with Gasteiger partial charge in [0.25, 0.3) is 0 Å². The van der Waals surface area contributed by atoms with Crippen molar-refractivity contribution >= 4 is 5.97 Å². The second-order valence-corrected chi connectivity index (χ2v) is 11.5. The average molecular weight is 531 g/mol. The van der Waals surface area contributed by atoms with Gasteiger partial charge in [-0.2, -0.15) is 0 Å². The molecule has 0 amide bonds. The van der Waals surface area contributed by atoms with Crippen molar-refractivity contribution in [3.63, 3.8) is 0 Å². The Hall–Kier alpha value is -1.31. The van der Waals surface area contributed by atoms with Crippen LogP contribution in [-0.4, -0.2) is 11.1 Å². The molecule has 0 aliphatic heterocycles. The fraction of sp³-hybridized carbons (Fsp3) is 0.806. The number of carboxylic acid groups (broad SMARTS) is 1. The number of unbranched alkanes of at least 4 members (excludes halogenated alkanes) is 16. The standard InChI is InChI=1S/C36H66O2/c1-4-7-10-12-13-14-15-18-21-26-31-34(29-24-9-6-3)35(30-25-11-8-5-2)32-27-22-19-16-17-20-23-28-33-36(37)38/h18,21-22,27,31,35H,4-17,19-20,23-26,28-30,32-33H2,1-3H3,(H,37,38)/b21-18+,27-22+,34-31-. The van der Waals surface area contributed by atoms with Gasteiger partial charge in [0.05, 0.1) is 0 Å².